The minimum Gasteiger partial charge on any atom is -0.382 e. The maximum atomic E-state index is 11.6. The lowest BCUT2D eigenvalue weighted by atomic mass is 9.91. The van der Waals surface area contributed by atoms with Crippen molar-refractivity contribution in [3.8, 4) is 0 Å². The van der Waals surface area contributed by atoms with E-state index in [1.165, 1.54) is 18.9 Å². The van der Waals surface area contributed by atoms with Crippen molar-refractivity contribution in [3.05, 3.63) is 48.4 Å². The molecule has 1 saturated carbocycles. The standard InChI is InChI=1S/C27H35N7OS/c1-3-24(35)29-19-6-8-20(9-7-19)30-26-25-23(14-17-36-25)32-27(33-26)31-21-10-4-18(5-11-21)28-22-12-15-34(2)16-13-22/h3-5,10-11,14,17,19-20,22,28H,1,6-9,12-13,15-16H2,2H3,(H,29,35)(H2,30,31,32,33). The van der Waals surface area contributed by atoms with Crippen LogP contribution in [0.2, 0.25) is 0 Å². The van der Waals surface area contributed by atoms with Crippen molar-refractivity contribution in [3.63, 3.8) is 0 Å². The highest BCUT2D eigenvalue weighted by Crippen LogP contribution is 2.31. The van der Waals surface area contributed by atoms with E-state index in [-0.39, 0.29) is 11.9 Å². The summed E-state index contributed by atoms with van der Waals surface area (Å²) in [7, 11) is 2.18. The monoisotopic (exact) mass is 505 g/mol. The van der Waals surface area contributed by atoms with E-state index < -0.39 is 0 Å². The first kappa shape index (κ1) is 24.5. The van der Waals surface area contributed by atoms with Crippen LogP contribution in [0.25, 0.3) is 10.2 Å². The maximum absolute atomic E-state index is 11.6. The Morgan fingerprint density at radius 1 is 0.944 bits per heavy atom. The molecule has 3 heterocycles. The molecule has 0 unspecified atom stereocenters. The van der Waals surface area contributed by atoms with Crippen LogP contribution in [0.15, 0.2) is 48.4 Å². The lowest BCUT2D eigenvalue weighted by Crippen LogP contribution is -2.39. The summed E-state index contributed by atoms with van der Waals surface area (Å²) in [5.74, 6) is 1.37. The number of carbonyl (C=O) groups excluding carboxylic acids is 1. The Labute approximate surface area is 216 Å². The highest BCUT2D eigenvalue weighted by atomic mass is 32.1. The maximum Gasteiger partial charge on any atom is 0.243 e. The number of carbonyl (C=O) groups is 1. The quantitative estimate of drug-likeness (QED) is 0.321. The normalized spacial score (nSPS) is 21.1. The van der Waals surface area contributed by atoms with Crippen LogP contribution in [0, 0.1) is 0 Å². The van der Waals surface area contributed by atoms with Crippen LogP contribution in [0.1, 0.15) is 38.5 Å². The molecule has 9 heteroatoms. The number of rotatable bonds is 8. The second-order valence-corrected chi connectivity index (χ2v) is 10.8. The number of fused-ring (bicyclic) bond motifs is 1. The van der Waals surface area contributed by atoms with Crippen molar-refractivity contribution >= 4 is 50.6 Å². The molecule has 2 aliphatic rings. The summed E-state index contributed by atoms with van der Waals surface area (Å²) >= 11 is 1.65. The van der Waals surface area contributed by atoms with Crippen molar-refractivity contribution in [2.24, 2.45) is 0 Å². The third kappa shape index (κ3) is 6.14. The van der Waals surface area contributed by atoms with Gasteiger partial charge in [0.15, 0.2) is 0 Å². The number of likely N-dealkylation sites (tertiary alicyclic amines) is 1. The molecule has 8 nitrogen and oxygen atoms in total. The van der Waals surface area contributed by atoms with Crippen LogP contribution in [-0.2, 0) is 4.79 Å². The van der Waals surface area contributed by atoms with E-state index in [0.717, 1.165) is 66.2 Å². The summed E-state index contributed by atoms with van der Waals surface area (Å²) < 4.78 is 1.07. The Bertz CT molecular complexity index is 1180. The summed E-state index contributed by atoms with van der Waals surface area (Å²) in [6.07, 6.45) is 7.53. The molecule has 190 valence electrons. The van der Waals surface area contributed by atoms with Crippen LogP contribution < -0.4 is 21.3 Å². The number of hydrogen-bond acceptors (Lipinski definition) is 8. The van der Waals surface area contributed by atoms with Crippen molar-refractivity contribution in [1.29, 1.82) is 0 Å². The van der Waals surface area contributed by atoms with Gasteiger partial charge in [-0.3, -0.25) is 4.79 Å². The molecule has 36 heavy (non-hydrogen) atoms. The highest BCUT2D eigenvalue weighted by Gasteiger charge is 2.23. The van der Waals surface area contributed by atoms with E-state index in [0.29, 0.717) is 18.0 Å². The zero-order valence-corrected chi connectivity index (χ0v) is 21.6. The van der Waals surface area contributed by atoms with Gasteiger partial charge in [-0.15, -0.1) is 11.3 Å². The average molecular weight is 506 g/mol. The van der Waals surface area contributed by atoms with E-state index in [2.05, 4.69) is 69.4 Å². The highest BCUT2D eigenvalue weighted by molar-refractivity contribution is 7.17. The number of amides is 1. The molecule has 1 saturated heterocycles. The summed E-state index contributed by atoms with van der Waals surface area (Å²) in [6, 6.07) is 11.5. The molecule has 1 aliphatic heterocycles. The number of piperidine rings is 1. The molecule has 1 aliphatic carbocycles. The minimum absolute atomic E-state index is 0.0937. The van der Waals surface area contributed by atoms with Crippen LogP contribution >= 0.6 is 11.3 Å². The first-order valence-corrected chi connectivity index (χ1v) is 13.7. The number of anilines is 4. The van der Waals surface area contributed by atoms with E-state index >= 15 is 0 Å². The van der Waals surface area contributed by atoms with Crippen LogP contribution in [-0.4, -0.2) is 59.0 Å². The van der Waals surface area contributed by atoms with Crippen molar-refractivity contribution < 1.29 is 4.79 Å². The third-order valence-electron chi connectivity index (χ3n) is 7.13. The number of nitrogens with zero attached hydrogens (tertiary/aromatic N) is 3. The SMILES string of the molecule is C=CC(=O)NC1CCC(Nc2nc(Nc3ccc(NC4CCN(C)CC4)cc3)nc3ccsc23)CC1. The van der Waals surface area contributed by atoms with E-state index in [1.807, 2.05) is 6.07 Å². The summed E-state index contributed by atoms with van der Waals surface area (Å²) in [6.45, 7) is 5.83. The molecule has 5 rings (SSSR count). The van der Waals surface area contributed by atoms with Crippen molar-refractivity contribution in [1.82, 2.24) is 20.2 Å². The Kier molecular flexibility index (Phi) is 7.67. The van der Waals surface area contributed by atoms with E-state index in [9.17, 15) is 4.79 Å². The van der Waals surface area contributed by atoms with E-state index in [4.69, 9.17) is 9.97 Å². The molecule has 0 atom stereocenters. The fraction of sp³-hybridized carbons (Fsp3) is 0.444. The van der Waals surface area contributed by atoms with Crippen molar-refractivity contribution in [2.75, 3.05) is 36.1 Å². The molecule has 2 fully saturated rings. The summed E-state index contributed by atoms with van der Waals surface area (Å²) in [5.41, 5.74) is 3.04. The number of benzene rings is 1. The van der Waals surface area contributed by atoms with Gasteiger partial charge in [-0.05, 0) is 100 Å². The zero-order chi connectivity index (χ0) is 24.9. The van der Waals surface area contributed by atoms with Gasteiger partial charge >= 0.3 is 0 Å². The minimum atomic E-state index is -0.0937. The Morgan fingerprint density at radius 3 is 2.33 bits per heavy atom. The molecule has 4 N–H and O–H groups in total. The topological polar surface area (TPSA) is 94.2 Å². The summed E-state index contributed by atoms with van der Waals surface area (Å²) in [5, 5.41) is 15.8. The fourth-order valence-electron chi connectivity index (χ4n) is 5.02. The second-order valence-electron chi connectivity index (χ2n) is 9.86. The fourth-order valence-corrected chi connectivity index (χ4v) is 5.80. The average Bonchev–Trinajstić information content (AvgIpc) is 3.37. The van der Waals surface area contributed by atoms with Crippen molar-refractivity contribution in [2.45, 2.75) is 56.7 Å². The first-order valence-electron chi connectivity index (χ1n) is 12.8. The predicted octanol–water partition coefficient (Wildman–Crippen LogP) is 4.97. The molecule has 0 bridgehead atoms. The van der Waals surface area contributed by atoms with Gasteiger partial charge in [-0.1, -0.05) is 6.58 Å². The smallest absolute Gasteiger partial charge is 0.243 e. The van der Waals surface area contributed by atoms with Gasteiger partial charge in [0.05, 0.1) is 10.2 Å². The lowest BCUT2D eigenvalue weighted by molar-refractivity contribution is -0.117. The largest absolute Gasteiger partial charge is 0.382 e. The number of nitrogens with one attached hydrogen (secondary N) is 4. The number of aromatic nitrogens is 2. The Hall–Kier alpha value is -3.17. The van der Waals surface area contributed by atoms with Crippen LogP contribution in [0.4, 0.5) is 23.1 Å². The molecule has 2 aromatic heterocycles. The predicted molar refractivity (Wildman–Crippen MR) is 149 cm³/mol. The van der Waals surface area contributed by atoms with E-state index in [1.54, 1.807) is 11.3 Å². The first-order chi connectivity index (χ1) is 17.6. The number of hydrogen-bond donors (Lipinski definition) is 4. The Morgan fingerprint density at radius 2 is 1.61 bits per heavy atom. The van der Waals surface area contributed by atoms with Gasteiger partial charge in [0, 0.05) is 29.5 Å². The molecule has 1 aromatic carbocycles. The van der Waals surface area contributed by atoms with Gasteiger partial charge in [0.1, 0.15) is 5.82 Å². The van der Waals surface area contributed by atoms with Crippen LogP contribution in [0.3, 0.4) is 0 Å². The molecular formula is C27H35N7OS. The van der Waals surface area contributed by atoms with Gasteiger partial charge in [0.25, 0.3) is 0 Å². The van der Waals surface area contributed by atoms with Gasteiger partial charge in [-0.2, -0.15) is 4.98 Å². The summed E-state index contributed by atoms with van der Waals surface area (Å²) in [4.78, 5) is 23.6. The second kappa shape index (κ2) is 11.3. The Balaban J connectivity index is 1.22. The third-order valence-corrected chi connectivity index (χ3v) is 8.04. The number of thiophene rings is 1. The van der Waals surface area contributed by atoms with Gasteiger partial charge in [0.2, 0.25) is 11.9 Å². The molecule has 3 aromatic rings. The zero-order valence-electron chi connectivity index (χ0n) is 20.8. The molecular weight excluding hydrogens is 470 g/mol. The molecule has 0 spiro atoms. The van der Waals surface area contributed by atoms with Gasteiger partial charge < -0.3 is 26.2 Å². The van der Waals surface area contributed by atoms with Gasteiger partial charge in [-0.25, -0.2) is 4.98 Å². The molecule has 1 amide bonds. The van der Waals surface area contributed by atoms with Crippen LogP contribution in [0.5, 0.6) is 0 Å². The molecule has 0 radical (unpaired) electrons. The lowest BCUT2D eigenvalue weighted by Gasteiger charge is -2.30.